The molecule has 0 unspecified atom stereocenters. The summed E-state index contributed by atoms with van der Waals surface area (Å²) in [5, 5.41) is 7.13. The highest BCUT2D eigenvalue weighted by molar-refractivity contribution is 5.90. The number of amides is 2. The lowest BCUT2D eigenvalue weighted by atomic mass is 10.0. The number of nitrogens with zero attached hydrogens (tertiary/aromatic N) is 3. The first kappa shape index (κ1) is 14.6. The van der Waals surface area contributed by atoms with Crippen LogP contribution >= 0.6 is 0 Å². The van der Waals surface area contributed by atoms with E-state index >= 15 is 0 Å². The molecule has 2 heterocycles. The van der Waals surface area contributed by atoms with E-state index in [2.05, 4.69) is 10.4 Å². The van der Waals surface area contributed by atoms with Gasteiger partial charge in [0.05, 0.1) is 17.4 Å². The number of benzene rings is 1. The van der Waals surface area contributed by atoms with Gasteiger partial charge in [-0.2, -0.15) is 5.10 Å². The number of rotatable bonds is 2. The summed E-state index contributed by atoms with van der Waals surface area (Å²) in [5.41, 5.74) is 2.47. The zero-order valence-electron chi connectivity index (χ0n) is 12.7. The van der Waals surface area contributed by atoms with Gasteiger partial charge in [-0.15, -0.1) is 0 Å². The van der Waals surface area contributed by atoms with E-state index in [0.29, 0.717) is 6.54 Å². The molecule has 0 radical (unpaired) electrons. The molecule has 22 heavy (non-hydrogen) atoms. The minimum atomic E-state index is -0.260. The molecule has 2 amide bonds. The maximum absolute atomic E-state index is 13.1. The van der Waals surface area contributed by atoms with E-state index < -0.39 is 0 Å². The highest BCUT2D eigenvalue weighted by atomic mass is 19.1. The van der Waals surface area contributed by atoms with Crippen molar-refractivity contribution in [1.29, 1.82) is 0 Å². The molecule has 1 saturated heterocycles. The molecule has 0 saturated carbocycles. The van der Waals surface area contributed by atoms with Crippen molar-refractivity contribution in [2.24, 2.45) is 7.05 Å². The number of anilines is 1. The van der Waals surface area contributed by atoms with Gasteiger partial charge in [-0.05, 0) is 37.5 Å². The first-order valence-corrected chi connectivity index (χ1v) is 7.38. The van der Waals surface area contributed by atoms with Gasteiger partial charge in [-0.25, -0.2) is 9.18 Å². The molecule has 1 N–H and O–H groups in total. The van der Waals surface area contributed by atoms with Gasteiger partial charge in [0, 0.05) is 19.8 Å². The zero-order valence-corrected chi connectivity index (χ0v) is 12.7. The Bertz CT molecular complexity index is 680. The molecule has 2 aromatic rings. The highest BCUT2D eigenvalue weighted by Gasteiger charge is 2.30. The fourth-order valence-electron chi connectivity index (χ4n) is 2.95. The van der Waals surface area contributed by atoms with Crippen LogP contribution in [0.4, 0.5) is 14.9 Å². The lowest BCUT2D eigenvalue weighted by molar-refractivity contribution is 0.207. The quantitative estimate of drug-likeness (QED) is 0.926. The number of halogens is 1. The first-order chi connectivity index (χ1) is 10.5. The lowest BCUT2D eigenvalue weighted by Crippen LogP contribution is -2.34. The standard InChI is InChI=1S/C16H19FN4O/c1-11-14(10-20(2)19-11)18-16(22)21-9-3-4-15(21)12-5-7-13(17)8-6-12/h5-8,10,15H,3-4,9H2,1-2H3,(H,18,22)/t15-/m1/s1. The van der Waals surface area contributed by atoms with E-state index in [1.54, 1.807) is 27.9 Å². The zero-order chi connectivity index (χ0) is 15.7. The summed E-state index contributed by atoms with van der Waals surface area (Å²) >= 11 is 0. The van der Waals surface area contributed by atoms with Gasteiger partial charge in [-0.3, -0.25) is 4.68 Å². The Balaban J connectivity index is 1.76. The van der Waals surface area contributed by atoms with Crippen LogP contribution in [0.5, 0.6) is 0 Å². The van der Waals surface area contributed by atoms with Crippen LogP contribution in [0.15, 0.2) is 30.5 Å². The molecule has 1 aromatic heterocycles. The average molecular weight is 302 g/mol. The third kappa shape index (κ3) is 2.81. The van der Waals surface area contributed by atoms with Crippen molar-refractivity contribution in [1.82, 2.24) is 14.7 Å². The summed E-state index contributed by atoms with van der Waals surface area (Å²) in [5.74, 6) is -0.260. The molecule has 0 spiro atoms. The second-order valence-electron chi connectivity index (χ2n) is 5.63. The van der Waals surface area contributed by atoms with Gasteiger partial charge in [0.2, 0.25) is 0 Å². The Labute approximate surface area is 128 Å². The minimum absolute atomic E-state index is 0.00224. The molecule has 1 aromatic carbocycles. The van der Waals surface area contributed by atoms with Crippen molar-refractivity contribution in [2.75, 3.05) is 11.9 Å². The number of nitrogens with one attached hydrogen (secondary N) is 1. The second-order valence-corrected chi connectivity index (χ2v) is 5.63. The van der Waals surface area contributed by atoms with Crippen LogP contribution in [0.2, 0.25) is 0 Å². The van der Waals surface area contributed by atoms with Crippen molar-refractivity contribution < 1.29 is 9.18 Å². The first-order valence-electron chi connectivity index (χ1n) is 7.38. The molecule has 0 aliphatic carbocycles. The van der Waals surface area contributed by atoms with Crippen molar-refractivity contribution in [3.05, 3.63) is 47.5 Å². The summed E-state index contributed by atoms with van der Waals surface area (Å²) in [6.45, 7) is 2.56. The van der Waals surface area contributed by atoms with Crippen LogP contribution < -0.4 is 5.32 Å². The molecular weight excluding hydrogens is 283 g/mol. The number of aromatic nitrogens is 2. The van der Waals surface area contributed by atoms with E-state index in [4.69, 9.17) is 0 Å². The van der Waals surface area contributed by atoms with E-state index in [1.165, 1.54) is 12.1 Å². The van der Waals surface area contributed by atoms with E-state index in [0.717, 1.165) is 29.8 Å². The van der Waals surface area contributed by atoms with Gasteiger partial charge in [0.1, 0.15) is 5.82 Å². The Kier molecular flexibility index (Phi) is 3.83. The minimum Gasteiger partial charge on any atom is -0.317 e. The monoisotopic (exact) mass is 302 g/mol. The van der Waals surface area contributed by atoms with Crippen molar-refractivity contribution in [2.45, 2.75) is 25.8 Å². The van der Waals surface area contributed by atoms with Crippen LogP contribution in [0.25, 0.3) is 0 Å². The number of likely N-dealkylation sites (tertiary alicyclic amines) is 1. The maximum Gasteiger partial charge on any atom is 0.322 e. The normalized spacial score (nSPS) is 17.8. The third-order valence-electron chi connectivity index (χ3n) is 4.02. The molecule has 5 nitrogen and oxygen atoms in total. The Hall–Kier alpha value is -2.37. The van der Waals surface area contributed by atoms with Crippen molar-refractivity contribution >= 4 is 11.7 Å². The molecule has 1 aliphatic heterocycles. The topological polar surface area (TPSA) is 50.2 Å². The number of hydrogen-bond acceptors (Lipinski definition) is 2. The molecule has 1 atom stereocenters. The third-order valence-corrected chi connectivity index (χ3v) is 4.02. The van der Waals surface area contributed by atoms with Gasteiger partial charge in [0.25, 0.3) is 0 Å². The predicted molar refractivity (Wildman–Crippen MR) is 82.0 cm³/mol. The Morgan fingerprint density at radius 2 is 2.09 bits per heavy atom. The SMILES string of the molecule is Cc1nn(C)cc1NC(=O)N1CCC[C@@H]1c1ccc(F)cc1. The van der Waals surface area contributed by atoms with Crippen molar-refractivity contribution in [3.8, 4) is 0 Å². The summed E-state index contributed by atoms with van der Waals surface area (Å²) < 4.78 is 14.7. The van der Waals surface area contributed by atoms with Gasteiger partial charge >= 0.3 is 6.03 Å². The molecule has 116 valence electrons. The van der Waals surface area contributed by atoms with E-state index in [1.807, 2.05) is 14.0 Å². The van der Waals surface area contributed by atoms with Crippen LogP contribution in [0, 0.1) is 12.7 Å². The summed E-state index contributed by atoms with van der Waals surface area (Å²) in [6.07, 6.45) is 3.63. The summed E-state index contributed by atoms with van der Waals surface area (Å²) in [6, 6.07) is 6.24. The number of aryl methyl sites for hydroxylation is 2. The Morgan fingerprint density at radius 3 is 2.73 bits per heavy atom. The van der Waals surface area contributed by atoms with Gasteiger partial charge < -0.3 is 10.2 Å². The molecule has 0 bridgehead atoms. The average Bonchev–Trinajstić information content (AvgIpc) is 3.07. The number of carbonyl (C=O) groups is 1. The van der Waals surface area contributed by atoms with Crippen LogP contribution in [0.1, 0.15) is 30.1 Å². The van der Waals surface area contributed by atoms with Crippen LogP contribution in [-0.2, 0) is 7.05 Å². The maximum atomic E-state index is 13.1. The van der Waals surface area contributed by atoms with E-state index in [-0.39, 0.29) is 17.9 Å². The summed E-state index contributed by atoms with van der Waals surface area (Å²) in [7, 11) is 1.82. The number of urea groups is 1. The van der Waals surface area contributed by atoms with Crippen molar-refractivity contribution in [3.63, 3.8) is 0 Å². The lowest BCUT2D eigenvalue weighted by Gasteiger charge is -2.25. The van der Waals surface area contributed by atoms with E-state index in [9.17, 15) is 9.18 Å². The van der Waals surface area contributed by atoms with Gasteiger partial charge in [0.15, 0.2) is 0 Å². The number of carbonyl (C=O) groups excluding carboxylic acids is 1. The Morgan fingerprint density at radius 1 is 1.36 bits per heavy atom. The molecule has 6 heteroatoms. The highest BCUT2D eigenvalue weighted by Crippen LogP contribution is 2.32. The molecular formula is C16H19FN4O. The largest absolute Gasteiger partial charge is 0.322 e. The second kappa shape index (κ2) is 5.79. The summed E-state index contributed by atoms with van der Waals surface area (Å²) in [4.78, 5) is 14.3. The van der Waals surface area contributed by atoms with Crippen LogP contribution in [-0.4, -0.2) is 27.3 Å². The molecule has 1 fully saturated rings. The fourth-order valence-corrected chi connectivity index (χ4v) is 2.95. The van der Waals surface area contributed by atoms with Gasteiger partial charge in [-0.1, -0.05) is 12.1 Å². The fraction of sp³-hybridized carbons (Fsp3) is 0.375. The smallest absolute Gasteiger partial charge is 0.317 e. The molecule has 3 rings (SSSR count). The number of hydrogen-bond donors (Lipinski definition) is 1. The van der Waals surface area contributed by atoms with Crippen LogP contribution in [0.3, 0.4) is 0 Å². The molecule has 1 aliphatic rings. The predicted octanol–water partition coefficient (Wildman–Crippen LogP) is 3.24.